The first kappa shape index (κ1) is 20.4. The van der Waals surface area contributed by atoms with Gasteiger partial charge in [0, 0.05) is 57.1 Å². The van der Waals surface area contributed by atoms with Gasteiger partial charge < -0.3 is 9.88 Å². The SMILES string of the molecule is N#Cc1ccc(Cn2cncc2CC(N2CCNCC2)C23CC4CC(CC(C4)C2)C3)cc1. The van der Waals surface area contributed by atoms with E-state index in [2.05, 4.69) is 44.2 Å². The van der Waals surface area contributed by atoms with Crippen molar-refractivity contribution in [3.63, 3.8) is 0 Å². The van der Waals surface area contributed by atoms with E-state index in [0.29, 0.717) is 11.5 Å². The maximum absolute atomic E-state index is 9.09. The molecule has 5 nitrogen and oxygen atoms in total. The molecule has 1 aromatic carbocycles. The molecule has 1 atom stereocenters. The second-order valence-corrected chi connectivity index (χ2v) is 11.1. The molecule has 0 radical (unpaired) electrons. The molecule has 1 saturated heterocycles. The Kier molecular flexibility index (Phi) is 5.31. The van der Waals surface area contributed by atoms with Gasteiger partial charge in [-0.1, -0.05) is 12.1 Å². The van der Waals surface area contributed by atoms with Crippen LogP contribution in [0.2, 0.25) is 0 Å². The van der Waals surface area contributed by atoms with Gasteiger partial charge in [-0.15, -0.1) is 0 Å². The van der Waals surface area contributed by atoms with E-state index in [4.69, 9.17) is 5.26 Å². The van der Waals surface area contributed by atoms with Crippen molar-refractivity contribution in [2.45, 2.75) is 57.5 Å². The standard InChI is InChI=1S/C27H35N5/c28-16-20-1-3-21(4-2-20)18-32-19-30-17-25(32)12-26(31-7-5-29-6-8-31)27-13-22-9-23(14-27)11-24(10-22)15-27/h1-4,17,19,22-24,26,29H,5-15,18H2. The summed E-state index contributed by atoms with van der Waals surface area (Å²) in [5.74, 6) is 2.95. The van der Waals surface area contributed by atoms with Gasteiger partial charge in [-0.2, -0.15) is 5.26 Å². The first-order chi connectivity index (χ1) is 15.7. The number of hydrogen-bond acceptors (Lipinski definition) is 4. The van der Waals surface area contributed by atoms with Crippen LogP contribution in [0.3, 0.4) is 0 Å². The van der Waals surface area contributed by atoms with Gasteiger partial charge in [0.15, 0.2) is 0 Å². The molecule has 0 amide bonds. The molecule has 2 heterocycles. The van der Waals surface area contributed by atoms with Crippen molar-refractivity contribution < 1.29 is 0 Å². The van der Waals surface area contributed by atoms with Crippen LogP contribution in [0.25, 0.3) is 0 Å². The van der Waals surface area contributed by atoms with Crippen molar-refractivity contribution in [3.8, 4) is 6.07 Å². The van der Waals surface area contributed by atoms with Crippen molar-refractivity contribution in [2.75, 3.05) is 26.2 Å². The van der Waals surface area contributed by atoms with E-state index in [9.17, 15) is 0 Å². The topological polar surface area (TPSA) is 56.9 Å². The van der Waals surface area contributed by atoms with Gasteiger partial charge in [-0.05, 0) is 79.4 Å². The maximum Gasteiger partial charge on any atom is 0.0991 e. The highest BCUT2D eigenvalue weighted by molar-refractivity contribution is 5.31. The number of rotatable bonds is 6. The summed E-state index contributed by atoms with van der Waals surface area (Å²) in [7, 11) is 0. The fraction of sp³-hybridized carbons (Fsp3) is 0.630. The third-order valence-corrected chi connectivity index (χ3v) is 9.02. The van der Waals surface area contributed by atoms with Crippen molar-refractivity contribution in [2.24, 2.45) is 23.2 Å². The van der Waals surface area contributed by atoms with Crippen LogP contribution in [-0.4, -0.2) is 46.7 Å². The molecule has 4 bridgehead atoms. The zero-order chi connectivity index (χ0) is 21.5. The number of piperazine rings is 1. The van der Waals surface area contributed by atoms with Crippen LogP contribution in [0.15, 0.2) is 36.8 Å². The van der Waals surface area contributed by atoms with Crippen molar-refractivity contribution in [1.82, 2.24) is 19.8 Å². The minimum Gasteiger partial charge on any atom is -0.330 e. The van der Waals surface area contributed by atoms with Crippen LogP contribution < -0.4 is 5.32 Å². The highest BCUT2D eigenvalue weighted by Gasteiger charge is 2.55. The summed E-state index contributed by atoms with van der Waals surface area (Å²) >= 11 is 0. The fourth-order valence-electron chi connectivity index (χ4n) is 8.05. The fourth-order valence-corrected chi connectivity index (χ4v) is 8.05. The number of nitriles is 1. The van der Waals surface area contributed by atoms with Crippen molar-refractivity contribution in [1.29, 1.82) is 5.26 Å². The molecule has 4 aliphatic carbocycles. The lowest BCUT2D eigenvalue weighted by Crippen LogP contribution is -2.60. The first-order valence-electron chi connectivity index (χ1n) is 12.6. The summed E-state index contributed by atoms with van der Waals surface area (Å²) < 4.78 is 2.34. The summed E-state index contributed by atoms with van der Waals surface area (Å²) in [5.41, 5.74) is 3.83. The first-order valence-corrected chi connectivity index (χ1v) is 12.6. The zero-order valence-corrected chi connectivity index (χ0v) is 19.0. The molecule has 5 heteroatoms. The van der Waals surface area contributed by atoms with Crippen LogP contribution in [-0.2, 0) is 13.0 Å². The molecular weight excluding hydrogens is 394 g/mol. The lowest BCUT2D eigenvalue weighted by atomic mass is 9.47. The van der Waals surface area contributed by atoms with E-state index in [1.54, 1.807) is 0 Å². The Morgan fingerprint density at radius 1 is 1.03 bits per heavy atom. The molecule has 2 aromatic rings. The summed E-state index contributed by atoms with van der Waals surface area (Å²) in [5, 5.41) is 12.7. The number of nitrogens with one attached hydrogen (secondary N) is 1. The van der Waals surface area contributed by atoms with E-state index in [-0.39, 0.29) is 0 Å². The quantitative estimate of drug-likeness (QED) is 0.758. The summed E-state index contributed by atoms with van der Waals surface area (Å²) in [6.07, 6.45) is 14.1. The molecule has 4 saturated carbocycles. The average molecular weight is 430 g/mol. The molecule has 32 heavy (non-hydrogen) atoms. The third-order valence-electron chi connectivity index (χ3n) is 9.02. The number of aromatic nitrogens is 2. The van der Waals surface area contributed by atoms with E-state index in [0.717, 1.165) is 49.4 Å². The molecule has 1 aromatic heterocycles. The number of imidazole rings is 1. The van der Waals surface area contributed by atoms with Gasteiger partial charge in [0.2, 0.25) is 0 Å². The highest BCUT2D eigenvalue weighted by Crippen LogP contribution is 2.62. The molecule has 1 N–H and O–H groups in total. The minimum absolute atomic E-state index is 0.510. The van der Waals surface area contributed by atoms with E-state index < -0.39 is 0 Å². The molecule has 1 aliphatic heterocycles. The van der Waals surface area contributed by atoms with Crippen LogP contribution in [0, 0.1) is 34.5 Å². The highest BCUT2D eigenvalue weighted by atomic mass is 15.2. The van der Waals surface area contributed by atoms with Gasteiger partial charge >= 0.3 is 0 Å². The minimum atomic E-state index is 0.510. The van der Waals surface area contributed by atoms with Crippen LogP contribution in [0.4, 0.5) is 0 Å². The Morgan fingerprint density at radius 2 is 1.69 bits per heavy atom. The van der Waals surface area contributed by atoms with Gasteiger partial charge in [0.1, 0.15) is 0 Å². The third kappa shape index (κ3) is 3.78. The number of benzene rings is 1. The van der Waals surface area contributed by atoms with Gasteiger partial charge in [0.05, 0.1) is 18.0 Å². The predicted molar refractivity (Wildman–Crippen MR) is 125 cm³/mol. The Balaban J connectivity index is 1.27. The molecule has 168 valence electrons. The Hall–Kier alpha value is -2.16. The lowest BCUT2D eigenvalue weighted by Gasteiger charge is -2.61. The average Bonchev–Trinajstić information content (AvgIpc) is 3.24. The number of hydrogen-bond donors (Lipinski definition) is 1. The van der Waals surface area contributed by atoms with Crippen molar-refractivity contribution >= 4 is 0 Å². The van der Waals surface area contributed by atoms with E-state index >= 15 is 0 Å². The monoisotopic (exact) mass is 429 g/mol. The summed E-state index contributed by atoms with van der Waals surface area (Å²) in [6.45, 7) is 5.42. The van der Waals surface area contributed by atoms with Gasteiger partial charge in [0.25, 0.3) is 0 Å². The second-order valence-electron chi connectivity index (χ2n) is 11.1. The largest absolute Gasteiger partial charge is 0.330 e. The Bertz CT molecular complexity index is 943. The summed E-state index contributed by atoms with van der Waals surface area (Å²) in [6, 6.07) is 10.9. The lowest BCUT2D eigenvalue weighted by molar-refractivity contribution is -0.103. The molecule has 5 aliphatic rings. The molecule has 0 spiro atoms. The summed E-state index contributed by atoms with van der Waals surface area (Å²) in [4.78, 5) is 7.41. The molecule has 1 unspecified atom stereocenters. The Morgan fingerprint density at radius 3 is 2.31 bits per heavy atom. The van der Waals surface area contributed by atoms with Crippen LogP contribution >= 0.6 is 0 Å². The van der Waals surface area contributed by atoms with Gasteiger partial charge in [-0.25, -0.2) is 4.98 Å². The predicted octanol–water partition coefficient (Wildman–Crippen LogP) is 3.84. The normalized spacial score (nSPS) is 32.7. The Labute approximate surface area is 191 Å². The van der Waals surface area contributed by atoms with Crippen LogP contribution in [0.1, 0.15) is 55.3 Å². The maximum atomic E-state index is 9.09. The molecular formula is C27H35N5. The van der Waals surface area contributed by atoms with Crippen LogP contribution in [0.5, 0.6) is 0 Å². The van der Waals surface area contributed by atoms with E-state index in [1.807, 2.05) is 18.5 Å². The van der Waals surface area contributed by atoms with Crippen molar-refractivity contribution in [3.05, 3.63) is 53.6 Å². The number of nitrogens with zero attached hydrogens (tertiary/aromatic N) is 4. The second kappa shape index (κ2) is 8.32. The molecule has 5 fully saturated rings. The van der Waals surface area contributed by atoms with E-state index in [1.165, 1.54) is 62.9 Å². The molecule has 7 rings (SSSR count). The zero-order valence-electron chi connectivity index (χ0n) is 19.0. The van der Waals surface area contributed by atoms with Gasteiger partial charge in [-0.3, -0.25) is 4.90 Å². The smallest absolute Gasteiger partial charge is 0.0991 e.